The van der Waals surface area contributed by atoms with Gasteiger partial charge in [-0.25, -0.2) is 4.39 Å². The van der Waals surface area contributed by atoms with Crippen molar-refractivity contribution in [1.29, 1.82) is 0 Å². The van der Waals surface area contributed by atoms with Crippen LogP contribution in [0, 0.1) is 5.82 Å². The molecule has 0 unspecified atom stereocenters. The number of aromatic nitrogens is 4. The monoisotopic (exact) mass is 559 g/mol. The van der Waals surface area contributed by atoms with Crippen LogP contribution in [0.2, 0.25) is 0 Å². The molecule has 2 heterocycles. The highest BCUT2D eigenvalue weighted by Gasteiger charge is 2.34. The molecule has 10 nitrogen and oxygen atoms in total. The van der Waals surface area contributed by atoms with E-state index in [1.807, 2.05) is 43.3 Å². The van der Waals surface area contributed by atoms with Crippen LogP contribution in [0.15, 0.2) is 71.3 Å². The molecule has 1 saturated carbocycles. The zero-order chi connectivity index (χ0) is 28.8. The minimum Gasteiger partial charge on any atom is -0.467 e. The maximum Gasteiger partial charge on any atom is 0.247 e. The Kier molecular flexibility index (Phi) is 8.71. The van der Waals surface area contributed by atoms with Gasteiger partial charge in [0.05, 0.1) is 18.4 Å². The third-order valence-corrected chi connectivity index (χ3v) is 7.31. The highest BCUT2D eigenvalue weighted by atomic mass is 19.1. The number of benzene rings is 2. The first-order valence-electron chi connectivity index (χ1n) is 13.8. The van der Waals surface area contributed by atoms with Gasteiger partial charge in [0.1, 0.15) is 24.2 Å². The fourth-order valence-corrected chi connectivity index (χ4v) is 5.12. The van der Waals surface area contributed by atoms with E-state index in [2.05, 4.69) is 20.7 Å². The largest absolute Gasteiger partial charge is 0.467 e. The molecule has 1 aliphatic rings. The summed E-state index contributed by atoms with van der Waals surface area (Å²) in [5.74, 6) is -0.567. The number of tetrazole rings is 1. The van der Waals surface area contributed by atoms with E-state index in [0.29, 0.717) is 11.3 Å². The van der Waals surface area contributed by atoms with Gasteiger partial charge >= 0.3 is 0 Å². The average molecular weight is 560 g/mol. The van der Waals surface area contributed by atoms with Gasteiger partial charge in [0.2, 0.25) is 17.6 Å². The predicted octanol–water partition coefficient (Wildman–Crippen LogP) is 4.36. The molecule has 1 aliphatic carbocycles. The first kappa shape index (κ1) is 28.0. The van der Waals surface area contributed by atoms with E-state index < -0.39 is 17.8 Å². The third kappa shape index (κ3) is 6.79. The van der Waals surface area contributed by atoms with Crippen molar-refractivity contribution in [3.63, 3.8) is 0 Å². The Morgan fingerprint density at radius 1 is 1.05 bits per heavy atom. The molecule has 1 fully saturated rings. The molecular formula is C30H34FN7O3. The lowest BCUT2D eigenvalue weighted by molar-refractivity contribution is -0.143. The first-order valence-corrected chi connectivity index (χ1v) is 13.8. The van der Waals surface area contributed by atoms with Crippen molar-refractivity contribution in [2.45, 2.75) is 57.3 Å². The molecule has 11 heteroatoms. The standard InChI is InChI=1S/C30H34FN7O3/c1-36(2)23-16-14-21(15-17-23)28(30(40)32-22-9-4-3-5-10-22)37(19-24-11-8-18-41-24)27(39)20-38-34-29(33-35-38)25-12-6-7-13-26(25)31/h6-8,11-18,22,28H,3-5,9-10,19-20H2,1-2H3,(H,32,40)/t28-/m1/s1. The van der Waals surface area contributed by atoms with Crippen LogP contribution >= 0.6 is 0 Å². The fourth-order valence-electron chi connectivity index (χ4n) is 5.12. The molecule has 0 radical (unpaired) electrons. The zero-order valence-electron chi connectivity index (χ0n) is 23.2. The van der Waals surface area contributed by atoms with Crippen LogP contribution in [0.4, 0.5) is 10.1 Å². The Morgan fingerprint density at radius 3 is 2.49 bits per heavy atom. The van der Waals surface area contributed by atoms with Crippen molar-refractivity contribution < 1.29 is 18.4 Å². The number of nitrogens with one attached hydrogen (secondary N) is 1. The van der Waals surface area contributed by atoms with E-state index in [1.165, 1.54) is 17.2 Å². The van der Waals surface area contributed by atoms with E-state index >= 15 is 0 Å². The van der Waals surface area contributed by atoms with Crippen molar-refractivity contribution in [2.75, 3.05) is 19.0 Å². The maximum absolute atomic E-state index is 14.3. The summed E-state index contributed by atoms with van der Waals surface area (Å²) in [4.78, 5) is 32.4. The van der Waals surface area contributed by atoms with Crippen LogP contribution in [0.5, 0.6) is 0 Å². The summed E-state index contributed by atoms with van der Waals surface area (Å²) in [6, 6.07) is 16.3. The summed E-state index contributed by atoms with van der Waals surface area (Å²) in [6.07, 6.45) is 6.62. The number of carbonyl (C=O) groups is 2. The summed E-state index contributed by atoms with van der Waals surface area (Å²) >= 11 is 0. The second kappa shape index (κ2) is 12.8. The van der Waals surface area contributed by atoms with Crippen molar-refractivity contribution in [3.8, 4) is 11.4 Å². The van der Waals surface area contributed by atoms with Gasteiger partial charge in [-0.15, -0.1) is 10.2 Å². The Morgan fingerprint density at radius 2 is 1.80 bits per heavy atom. The molecule has 41 heavy (non-hydrogen) atoms. The van der Waals surface area contributed by atoms with Crippen molar-refractivity contribution in [3.05, 3.63) is 84.1 Å². The summed E-state index contributed by atoms with van der Waals surface area (Å²) in [5, 5.41) is 15.4. The number of carbonyl (C=O) groups excluding carboxylic acids is 2. The lowest BCUT2D eigenvalue weighted by Gasteiger charge is -2.33. The first-order chi connectivity index (χ1) is 19.9. The number of hydrogen-bond donors (Lipinski definition) is 1. The molecule has 2 aromatic heterocycles. The molecule has 4 aromatic rings. The van der Waals surface area contributed by atoms with Crippen LogP contribution in [0.1, 0.15) is 49.5 Å². The molecule has 0 spiro atoms. The van der Waals surface area contributed by atoms with E-state index in [9.17, 15) is 14.0 Å². The van der Waals surface area contributed by atoms with Crippen LogP contribution in [0.3, 0.4) is 0 Å². The molecule has 0 aliphatic heterocycles. The van der Waals surface area contributed by atoms with Gasteiger partial charge in [-0.3, -0.25) is 9.59 Å². The minimum absolute atomic E-state index is 0.0545. The van der Waals surface area contributed by atoms with Gasteiger partial charge in [-0.1, -0.05) is 43.5 Å². The second-order valence-electron chi connectivity index (χ2n) is 10.5. The van der Waals surface area contributed by atoms with Crippen molar-refractivity contribution >= 4 is 17.5 Å². The van der Waals surface area contributed by atoms with Crippen LogP contribution in [-0.2, 0) is 22.7 Å². The van der Waals surface area contributed by atoms with E-state index in [-0.39, 0.29) is 36.4 Å². The molecule has 1 N–H and O–H groups in total. The lowest BCUT2D eigenvalue weighted by atomic mass is 9.94. The third-order valence-electron chi connectivity index (χ3n) is 7.31. The molecule has 2 aromatic carbocycles. The normalized spacial score (nSPS) is 14.4. The second-order valence-corrected chi connectivity index (χ2v) is 10.5. The number of amides is 2. The Bertz CT molecular complexity index is 1450. The van der Waals surface area contributed by atoms with Gasteiger partial charge in [0.15, 0.2) is 0 Å². The van der Waals surface area contributed by atoms with E-state index in [0.717, 1.165) is 42.6 Å². The highest BCUT2D eigenvalue weighted by molar-refractivity contribution is 5.89. The van der Waals surface area contributed by atoms with E-state index in [1.54, 1.807) is 30.3 Å². The van der Waals surface area contributed by atoms with Crippen molar-refractivity contribution in [2.24, 2.45) is 0 Å². The topological polar surface area (TPSA) is 109 Å². The summed E-state index contributed by atoms with van der Waals surface area (Å²) in [7, 11) is 3.88. The van der Waals surface area contributed by atoms with E-state index in [4.69, 9.17) is 4.42 Å². The van der Waals surface area contributed by atoms with Gasteiger partial charge in [-0.05, 0) is 60.0 Å². The summed E-state index contributed by atoms with van der Waals surface area (Å²) < 4.78 is 19.9. The molecule has 2 amide bonds. The number of rotatable bonds is 10. The van der Waals surface area contributed by atoms with Crippen molar-refractivity contribution in [1.82, 2.24) is 30.4 Å². The molecule has 0 bridgehead atoms. The van der Waals surface area contributed by atoms with Crippen LogP contribution < -0.4 is 10.2 Å². The quantitative estimate of drug-likeness (QED) is 0.308. The van der Waals surface area contributed by atoms with Gasteiger partial charge in [0, 0.05) is 25.8 Å². The molecule has 1 atom stereocenters. The summed E-state index contributed by atoms with van der Waals surface area (Å²) in [5.41, 5.74) is 1.82. The molecular weight excluding hydrogens is 525 g/mol. The SMILES string of the molecule is CN(C)c1ccc([C@H](C(=O)NC2CCCCC2)N(Cc2ccco2)C(=O)Cn2nnc(-c3ccccc3F)n2)cc1. The smallest absolute Gasteiger partial charge is 0.247 e. The molecule has 0 saturated heterocycles. The average Bonchev–Trinajstić information content (AvgIpc) is 3.66. The predicted molar refractivity (Wildman–Crippen MR) is 151 cm³/mol. The maximum atomic E-state index is 14.3. The Balaban J connectivity index is 1.46. The van der Waals surface area contributed by atoms with Gasteiger partial charge in [-0.2, -0.15) is 4.80 Å². The van der Waals surface area contributed by atoms with Gasteiger partial charge in [0.25, 0.3) is 0 Å². The number of halogens is 1. The number of hydrogen-bond acceptors (Lipinski definition) is 7. The minimum atomic E-state index is -0.930. The van der Waals surface area contributed by atoms with Gasteiger partial charge < -0.3 is 19.5 Å². The number of furan rings is 1. The molecule has 214 valence electrons. The lowest BCUT2D eigenvalue weighted by Crippen LogP contribution is -2.47. The zero-order valence-corrected chi connectivity index (χ0v) is 23.2. The van der Waals surface area contributed by atoms with Crippen LogP contribution in [0.25, 0.3) is 11.4 Å². The summed E-state index contributed by atoms with van der Waals surface area (Å²) in [6.45, 7) is -0.246. The highest BCUT2D eigenvalue weighted by Crippen LogP contribution is 2.28. The van der Waals surface area contributed by atoms with Crippen LogP contribution in [-0.4, -0.2) is 57.1 Å². The molecule has 5 rings (SSSR count). The Labute approximate surface area is 238 Å². The Hall–Kier alpha value is -4.54. The number of nitrogens with zero attached hydrogens (tertiary/aromatic N) is 6. The fraction of sp³-hybridized carbons (Fsp3) is 0.367. The number of anilines is 1.